The number of thioether (sulfide) groups is 1. The Morgan fingerprint density at radius 2 is 1.97 bits per heavy atom. The number of hydrogen-bond acceptors (Lipinski definition) is 7. The van der Waals surface area contributed by atoms with Crippen LogP contribution in [0.5, 0.6) is 11.5 Å². The maximum absolute atomic E-state index is 11.7. The van der Waals surface area contributed by atoms with Crippen LogP contribution in [0.15, 0.2) is 59.2 Å². The predicted octanol–water partition coefficient (Wildman–Crippen LogP) is 5.11. The number of carbonyl (C=O) groups is 2. The topological polar surface area (TPSA) is 90.7 Å². The number of aryl methyl sites for hydroxylation is 1. The highest BCUT2D eigenvalue weighted by atomic mass is 32.2. The van der Waals surface area contributed by atoms with Gasteiger partial charge in [-0.15, -0.1) is 0 Å². The largest absolute Gasteiger partial charge is 0.493 e. The number of aromatic nitrogens is 1. The van der Waals surface area contributed by atoms with Crippen molar-refractivity contribution in [2.45, 2.75) is 31.1 Å². The predicted molar refractivity (Wildman–Crippen MR) is 127 cm³/mol. The van der Waals surface area contributed by atoms with E-state index in [-0.39, 0.29) is 23.0 Å². The van der Waals surface area contributed by atoms with E-state index in [0.717, 1.165) is 35.7 Å². The van der Waals surface area contributed by atoms with Crippen LogP contribution in [0.4, 0.5) is 4.79 Å². The summed E-state index contributed by atoms with van der Waals surface area (Å²) in [6, 6.07) is 15.7. The second-order valence-electron chi connectivity index (χ2n) is 7.47. The maximum Gasteiger partial charge on any atom is 0.286 e. The van der Waals surface area contributed by atoms with Gasteiger partial charge in [0.25, 0.3) is 5.24 Å². The van der Waals surface area contributed by atoms with Crippen molar-refractivity contribution in [2.75, 3.05) is 7.11 Å². The van der Waals surface area contributed by atoms with Crippen LogP contribution in [0.1, 0.15) is 35.6 Å². The molecule has 0 bridgehead atoms. The van der Waals surface area contributed by atoms with Gasteiger partial charge in [0, 0.05) is 6.08 Å². The van der Waals surface area contributed by atoms with Crippen LogP contribution in [-0.4, -0.2) is 28.5 Å². The van der Waals surface area contributed by atoms with Crippen molar-refractivity contribution in [3.05, 3.63) is 77.5 Å². The number of nitrogens with one attached hydrogen (secondary N) is 1. The molecule has 1 saturated heterocycles. The lowest BCUT2D eigenvalue weighted by Gasteiger charge is -2.12. The molecule has 2 heterocycles. The first-order chi connectivity index (χ1) is 16.1. The van der Waals surface area contributed by atoms with Crippen LogP contribution in [-0.2, 0) is 17.8 Å². The number of imide groups is 1. The third kappa shape index (κ3) is 6.26. The molecule has 1 N–H and O–H groups in total. The minimum atomic E-state index is -0.295. The molecule has 170 valence electrons. The van der Waals surface area contributed by atoms with Crippen LogP contribution < -0.4 is 14.8 Å². The van der Waals surface area contributed by atoms with Crippen LogP contribution in [0, 0.1) is 0 Å². The Morgan fingerprint density at radius 1 is 1.12 bits per heavy atom. The molecule has 33 heavy (non-hydrogen) atoms. The second-order valence-corrected chi connectivity index (χ2v) is 8.65. The van der Waals surface area contributed by atoms with Crippen molar-refractivity contribution in [3.63, 3.8) is 0 Å². The number of methoxy groups -OCH3 is 1. The van der Waals surface area contributed by atoms with Gasteiger partial charge in [0.2, 0.25) is 11.8 Å². The van der Waals surface area contributed by atoms with E-state index in [1.807, 2.05) is 60.7 Å². The third-order valence-electron chi connectivity index (χ3n) is 5.09. The van der Waals surface area contributed by atoms with Gasteiger partial charge >= 0.3 is 0 Å². The van der Waals surface area contributed by atoms with Crippen LogP contribution >= 0.6 is 11.8 Å². The van der Waals surface area contributed by atoms with E-state index in [1.54, 1.807) is 13.4 Å². The van der Waals surface area contributed by atoms with E-state index in [9.17, 15) is 9.59 Å². The van der Waals surface area contributed by atoms with Crippen molar-refractivity contribution in [1.29, 1.82) is 0 Å². The number of benzene rings is 2. The zero-order chi connectivity index (χ0) is 23.0. The standard InChI is InChI=1S/C25H24N2O5S/c1-30-21-14-18(8-5-9-22-24(28)27-25(29)33-22)10-12-20(21)31-15-19-16-32-23(26-19)13-11-17-6-3-2-4-7-17/h2-4,6-7,10-14,16,22H,5,8-9,15H2,1H3,(H,27,28,29). The highest BCUT2D eigenvalue weighted by molar-refractivity contribution is 8.15. The Balaban J connectivity index is 1.29. The first-order valence-corrected chi connectivity index (χ1v) is 11.5. The van der Waals surface area contributed by atoms with E-state index in [4.69, 9.17) is 13.9 Å². The molecular weight excluding hydrogens is 440 g/mol. The van der Waals surface area contributed by atoms with Crippen molar-refractivity contribution in [3.8, 4) is 11.5 Å². The molecule has 1 fully saturated rings. The number of ether oxygens (including phenoxy) is 2. The summed E-state index contributed by atoms with van der Waals surface area (Å²) in [5.74, 6) is 1.55. The van der Waals surface area contributed by atoms with Gasteiger partial charge < -0.3 is 13.9 Å². The summed E-state index contributed by atoms with van der Waals surface area (Å²) < 4.78 is 16.9. The number of carbonyl (C=O) groups excluding carboxylic acids is 2. The Kier molecular flexibility index (Phi) is 7.47. The number of hydrogen-bond donors (Lipinski definition) is 1. The number of rotatable bonds is 10. The number of oxazole rings is 1. The summed E-state index contributed by atoms with van der Waals surface area (Å²) >= 11 is 1.06. The molecule has 2 amide bonds. The highest BCUT2D eigenvalue weighted by Gasteiger charge is 2.30. The van der Waals surface area contributed by atoms with E-state index in [0.29, 0.717) is 29.5 Å². The van der Waals surface area contributed by atoms with Gasteiger partial charge in [0.1, 0.15) is 18.6 Å². The average molecular weight is 465 g/mol. The molecule has 8 heteroatoms. The quantitative estimate of drug-likeness (QED) is 0.446. The van der Waals surface area contributed by atoms with E-state index in [1.165, 1.54) is 0 Å². The average Bonchev–Trinajstić information content (AvgIpc) is 3.42. The molecule has 1 aliphatic heterocycles. The Bertz CT molecular complexity index is 1140. The third-order valence-corrected chi connectivity index (χ3v) is 6.14. The molecule has 1 atom stereocenters. The molecule has 7 nitrogen and oxygen atoms in total. The van der Waals surface area contributed by atoms with Crippen molar-refractivity contribution in [1.82, 2.24) is 10.3 Å². The summed E-state index contributed by atoms with van der Waals surface area (Å²) in [6.45, 7) is 0.250. The van der Waals surface area contributed by atoms with Crippen LogP contribution in [0.2, 0.25) is 0 Å². The van der Waals surface area contributed by atoms with E-state index in [2.05, 4.69) is 10.3 Å². The molecule has 3 aromatic rings. The molecule has 0 spiro atoms. The highest BCUT2D eigenvalue weighted by Crippen LogP contribution is 2.30. The van der Waals surface area contributed by atoms with Crippen molar-refractivity contribution >= 4 is 35.1 Å². The second kappa shape index (κ2) is 10.9. The molecule has 4 rings (SSSR count). The van der Waals surface area contributed by atoms with Crippen LogP contribution in [0.3, 0.4) is 0 Å². The van der Waals surface area contributed by atoms with Gasteiger partial charge in [-0.1, -0.05) is 48.2 Å². The molecule has 1 aliphatic rings. The van der Waals surface area contributed by atoms with E-state index >= 15 is 0 Å². The number of nitrogens with zero attached hydrogens (tertiary/aromatic N) is 1. The van der Waals surface area contributed by atoms with Gasteiger partial charge in [-0.05, 0) is 48.6 Å². The molecule has 1 aromatic heterocycles. The van der Waals surface area contributed by atoms with Gasteiger partial charge in [0.15, 0.2) is 11.5 Å². The Morgan fingerprint density at radius 3 is 2.73 bits per heavy atom. The van der Waals surface area contributed by atoms with Crippen LogP contribution in [0.25, 0.3) is 12.2 Å². The molecule has 0 aliphatic carbocycles. The summed E-state index contributed by atoms with van der Waals surface area (Å²) in [4.78, 5) is 27.3. The van der Waals surface area contributed by atoms with Gasteiger partial charge in [0.05, 0.1) is 12.4 Å². The maximum atomic E-state index is 11.7. The normalized spacial score (nSPS) is 15.7. The monoisotopic (exact) mass is 464 g/mol. The van der Waals surface area contributed by atoms with Gasteiger partial charge in [-0.2, -0.15) is 0 Å². The summed E-state index contributed by atoms with van der Waals surface area (Å²) in [6.07, 6.45) is 7.55. The minimum Gasteiger partial charge on any atom is -0.493 e. The molecule has 0 saturated carbocycles. The zero-order valence-corrected chi connectivity index (χ0v) is 19.0. The van der Waals surface area contributed by atoms with E-state index < -0.39 is 0 Å². The Labute approximate surface area is 196 Å². The molecule has 2 aromatic carbocycles. The fourth-order valence-corrected chi connectivity index (χ4v) is 4.28. The lowest BCUT2D eigenvalue weighted by atomic mass is 10.1. The SMILES string of the molecule is COc1cc(CCCC2SC(=O)NC2=O)ccc1OCc1coc(C=Cc2ccccc2)n1. The van der Waals surface area contributed by atoms with Gasteiger partial charge in [-0.25, -0.2) is 4.98 Å². The fourth-order valence-electron chi connectivity index (χ4n) is 3.41. The summed E-state index contributed by atoms with van der Waals surface area (Å²) in [5, 5.41) is 1.76. The van der Waals surface area contributed by atoms with Crippen molar-refractivity contribution in [2.24, 2.45) is 0 Å². The number of amides is 2. The summed E-state index contributed by atoms with van der Waals surface area (Å²) in [5.41, 5.74) is 2.82. The molecule has 0 radical (unpaired) electrons. The summed E-state index contributed by atoms with van der Waals surface area (Å²) in [7, 11) is 1.60. The van der Waals surface area contributed by atoms with Crippen molar-refractivity contribution < 1.29 is 23.5 Å². The minimum absolute atomic E-state index is 0.196. The fraction of sp³-hybridized carbons (Fsp3) is 0.240. The smallest absolute Gasteiger partial charge is 0.286 e. The molecule has 1 unspecified atom stereocenters. The zero-order valence-electron chi connectivity index (χ0n) is 18.2. The molecular formula is C25H24N2O5S. The first-order valence-electron chi connectivity index (χ1n) is 10.6. The lowest BCUT2D eigenvalue weighted by molar-refractivity contribution is -0.119. The first kappa shape index (κ1) is 22.7. The van der Waals surface area contributed by atoms with Gasteiger partial charge in [-0.3, -0.25) is 14.9 Å². The lowest BCUT2D eigenvalue weighted by Crippen LogP contribution is -2.24. The Hall–Kier alpha value is -3.52.